The normalized spacial score (nSPS) is 10.5. The Morgan fingerprint density at radius 2 is 1.71 bits per heavy atom. The van der Waals surface area contributed by atoms with Crippen molar-refractivity contribution in [3.63, 3.8) is 0 Å². The fourth-order valence-electron chi connectivity index (χ4n) is 1.31. The van der Waals surface area contributed by atoms with Crippen LogP contribution in [0.3, 0.4) is 0 Å². The van der Waals surface area contributed by atoms with E-state index in [1.165, 1.54) is 0 Å². The van der Waals surface area contributed by atoms with Crippen LogP contribution in [0.5, 0.6) is 5.75 Å². The highest BCUT2D eigenvalue weighted by Crippen LogP contribution is 2.13. The number of allylic oxidation sites excluding steroid dienone is 6. The molecule has 0 spiro atoms. The van der Waals surface area contributed by atoms with E-state index in [-0.39, 0.29) is 0 Å². The van der Waals surface area contributed by atoms with Crippen molar-refractivity contribution in [2.75, 3.05) is 7.11 Å². The Morgan fingerprint density at radius 1 is 1.14 bits per heavy atom. The molecule has 0 bridgehead atoms. The van der Waals surface area contributed by atoms with Gasteiger partial charge in [-0.15, -0.1) is 23.3 Å². The predicted molar refractivity (Wildman–Crippen MR) is 104 cm³/mol. The molecule has 0 saturated heterocycles. The zero-order valence-electron chi connectivity index (χ0n) is 13.3. The Balaban J connectivity index is 0. The van der Waals surface area contributed by atoms with Crippen LogP contribution in [-0.4, -0.2) is 7.11 Å². The van der Waals surface area contributed by atoms with Crippen molar-refractivity contribution in [2.24, 2.45) is 0 Å². The van der Waals surface area contributed by atoms with Crippen molar-refractivity contribution >= 4 is 29.4 Å². The molecule has 1 nitrogen and oxygen atoms in total. The predicted octanol–water partition coefficient (Wildman–Crippen LogP) is 6.18. The Hall–Kier alpha value is -1.32. The number of rotatable bonds is 5. The van der Waals surface area contributed by atoms with Gasteiger partial charge in [0.2, 0.25) is 0 Å². The standard InChI is InChI=1S/C16H18O.C2H6.H2S2/c1-4-6-7-14(5-2)8-9-15-10-12-16(17-3)13-11-15;2*1-2/h4-13H,2H2,1,3H3;1-2H3;1-2H/b6-4+,9-8?,14-7+;;. The first kappa shape index (κ1) is 22.0. The largest absolute Gasteiger partial charge is 0.497 e. The second kappa shape index (κ2) is 16.7. The molecule has 1 aromatic carbocycles. The van der Waals surface area contributed by atoms with E-state index in [0.29, 0.717) is 0 Å². The number of methoxy groups -OCH3 is 1. The van der Waals surface area contributed by atoms with E-state index in [4.69, 9.17) is 4.74 Å². The van der Waals surface area contributed by atoms with Crippen LogP contribution in [0, 0.1) is 0 Å². The monoisotopic (exact) mass is 322 g/mol. The van der Waals surface area contributed by atoms with Gasteiger partial charge in [-0.25, -0.2) is 0 Å². The van der Waals surface area contributed by atoms with Crippen LogP contribution in [0.15, 0.2) is 66.8 Å². The summed E-state index contributed by atoms with van der Waals surface area (Å²) in [6.07, 6.45) is 11.9. The topological polar surface area (TPSA) is 9.23 Å². The second-order valence-corrected chi connectivity index (χ2v) is 3.50. The quantitative estimate of drug-likeness (QED) is 0.373. The minimum atomic E-state index is 0.871. The van der Waals surface area contributed by atoms with Crippen LogP contribution in [0.2, 0.25) is 0 Å². The van der Waals surface area contributed by atoms with Crippen molar-refractivity contribution in [2.45, 2.75) is 20.8 Å². The summed E-state index contributed by atoms with van der Waals surface area (Å²) in [6.45, 7) is 9.77. The van der Waals surface area contributed by atoms with Gasteiger partial charge in [0.05, 0.1) is 7.11 Å². The van der Waals surface area contributed by atoms with E-state index in [0.717, 1.165) is 16.9 Å². The lowest BCUT2D eigenvalue weighted by molar-refractivity contribution is 0.415. The van der Waals surface area contributed by atoms with Gasteiger partial charge in [0.1, 0.15) is 5.75 Å². The molecule has 0 aromatic heterocycles. The van der Waals surface area contributed by atoms with Crippen LogP contribution in [-0.2, 0) is 0 Å². The van der Waals surface area contributed by atoms with Crippen LogP contribution in [0.1, 0.15) is 26.3 Å². The molecule has 3 heteroatoms. The zero-order chi connectivity index (χ0) is 16.5. The Kier molecular flexibility index (Phi) is 17.5. The molecule has 0 unspecified atom stereocenters. The van der Waals surface area contributed by atoms with Gasteiger partial charge in [-0.1, -0.05) is 69.0 Å². The van der Waals surface area contributed by atoms with Crippen LogP contribution < -0.4 is 4.74 Å². The molecule has 0 radical (unpaired) electrons. The van der Waals surface area contributed by atoms with Crippen LogP contribution in [0.4, 0.5) is 0 Å². The summed E-state index contributed by atoms with van der Waals surface area (Å²) in [5.74, 6) is 0.871. The van der Waals surface area contributed by atoms with Gasteiger partial charge in [0.25, 0.3) is 0 Å². The van der Waals surface area contributed by atoms with Gasteiger partial charge in [-0.3, -0.25) is 0 Å². The Bertz CT molecular complexity index is 443. The minimum absolute atomic E-state index is 0.871. The summed E-state index contributed by atoms with van der Waals surface area (Å²) in [7, 11) is 1.67. The number of benzene rings is 1. The summed E-state index contributed by atoms with van der Waals surface area (Å²) in [5, 5.41) is 0. The molecule has 0 aliphatic heterocycles. The molecule has 0 aliphatic rings. The molecule has 0 saturated carbocycles. The summed E-state index contributed by atoms with van der Waals surface area (Å²) in [6, 6.07) is 7.93. The van der Waals surface area contributed by atoms with Crippen molar-refractivity contribution < 1.29 is 4.74 Å². The third-order valence-corrected chi connectivity index (χ3v) is 2.30. The molecule has 0 heterocycles. The number of ether oxygens (including phenoxy) is 1. The van der Waals surface area contributed by atoms with Crippen molar-refractivity contribution in [1.29, 1.82) is 0 Å². The van der Waals surface area contributed by atoms with E-state index in [2.05, 4.69) is 36.0 Å². The summed E-state index contributed by atoms with van der Waals surface area (Å²) in [5.41, 5.74) is 2.22. The summed E-state index contributed by atoms with van der Waals surface area (Å²) >= 11 is 6.44. The highest BCUT2D eigenvalue weighted by atomic mass is 33.1. The molecule has 0 aliphatic carbocycles. The highest BCUT2D eigenvalue weighted by Gasteiger charge is 1.90. The second-order valence-electron chi connectivity index (χ2n) is 3.50. The van der Waals surface area contributed by atoms with Crippen LogP contribution in [0.25, 0.3) is 6.08 Å². The molecule has 116 valence electrons. The zero-order valence-corrected chi connectivity index (χ0v) is 15.1. The maximum atomic E-state index is 5.11. The number of thiol groups is 2. The van der Waals surface area contributed by atoms with Gasteiger partial charge in [0.15, 0.2) is 0 Å². The fourth-order valence-corrected chi connectivity index (χ4v) is 1.31. The average molecular weight is 323 g/mol. The van der Waals surface area contributed by atoms with Crippen molar-refractivity contribution in [1.82, 2.24) is 0 Å². The van der Waals surface area contributed by atoms with E-state index >= 15 is 0 Å². The van der Waals surface area contributed by atoms with E-state index < -0.39 is 0 Å². The number of hydrogen-bond acceptors (Lipinski definition) is 3. The first-order valence-corrected chi connectivity index (χ1v) is 8.37. The number of hydrogen-bond donors (Lipinski definition) is 2. The van der Waals surface area contributed by atoms with Gasteiger partial charge >= 0.3 is 0 Å². The van der Waals surface area contributed by atoms with E-state index in [1.807, 2.05) is 75.4 Å². The third-order valence-electron chi connectivity index (χ3n) is 2.30. The van der Waals surface area contributed by atoms with Gasteiger partial charge in [-0.05, 0) is 30.2 Å². The maximum Gasteiger partial charge on any atom is 0.118 e. The first-order valence-electron chi connectivity index (χ1n) is 6.77. The highest BCUT2D eigenvalue weighted by molar-refractivity contribution is 8.59. The molecule has 21 heavy (non-hydrogen) atoms. The van der Waals surface area contributed by atoms with Gasteiger partial charge < -0.3 is 4.74 Å². The lowest BCUT2D eigenvalue weighted by atomic mass is 10.1. The smallest absolute Gasteiger partial charge is 0.118 e. The molecular formula is C18H26OS2. The van der Waals surface area contributed by atoms with Crippen molar-refractivity contribution in [3.8, 4) is 5.75 Å². The first-order chi connectivity index (χ1) is 10.3. The Labute approximate surface area is 140 Å². The SMILES string of the molecule is C=C/C(C=Cc1ccc(OC)cc1)=C\C=C\C.CC.SS. The molecule has 1 aromatic rings. The maximum absolute atomic E-state index is 5.11. The molecule has 1 rings (SSSR count). The Morgan fingerprint density at radius 3 is 2.14 bits per heavy atom. The third kappa shape index (κ3) is 11.1. The average Bonchev–Trinajstić information content (AvgIpc) is 2.59. The minimum Gasteiger partial charge on any atom is -0.497 e. The molecule has 0 amide bonds. The van der Waals surface area contributed by atoms with E-state index in [1.54, 1.807) is 7.11 Å². The molecular weight excluding hydrogens is 296 g/mol. The van der Waals surface area contributed by atoms with Crippen LogP contribution >= 0.6 is 23.3 Å². The lowest BCUT2D eigenvalue weighted by Gasteiger charge is -1.99. The molecule has 0 fully saturated rings. The lowest BCUT2D eigenvalue weighted by Crippen LogP contribution is -1.81. The fraction of sp³-hybridized carbons (Fsp3) is 0.222. The summed E-state index contributed by atoms with van der Waals surface area (Å²) in [4.78, 5) is 0. The van der Waals surface area contributed by atoms with E-state index in [9.17, 15) is 0 Å². The summed E-state index contributed by atoms with van der Waals surface area (Å²) < 4.78 is 5.11. The van der Waals surface area contributed by atoms with Gasteiger partial charge in [-0.2, -0.15) is 0 Å². The van der Waals surface area contributed by atoms with Crippen molar-refractivity contribution in [3.05, 3.63) is 72.4 Å². The van der Waals surface area contributed by atoms with Gasteiger partial charge in [0, 0.05) is 0 Å². The molecule has 0 atom stereocenters. The molecule has 0 N–H and O–H groups in total.